The summed E-state index contributed by atoms with van der Waals surface area (Å²) < 4.78 is 1.42. The van der Waals surface area contributed by atoms with Gasteiger partial charge in [0.1, 0.15) is 0 Å². The van der Waals surface area contributed by atoms with Crippen molar-refractivity contribution in [2.24, 2.45) is 0 Å². The number of nitrogens with zero attached hydrogens (tertiary/aromatic N) is 3. The van der Waals surface area contributed by atoms with Gasteiger partial charge in [0.25, 0.3) is 0 Å². The second-order valence-corrected chi connectivity index (χ2v) is 4.34. The van der Waals surface area contributed by atoms with Gasteiger partial charge in [-0.05, 0) is 18.2 Å². The molecule has 1 saturated heterocycles. The van der Waals surface area contributed by atoms with E-state index in [1.54, 1.807) is 18.3 Å². The van der Waals surface area contributed by atoms with Crippen LogP contribution >= 0.6 is 0 Å². The van der Waals surface area contributed by atoms with Crippen LogP contribution in [-0.2, 0) is 4.79 Å². The number of aromatic carboxylic acids is 1. The number of urea groups is 1. The van der Waals surface area contributed by atoms with Crippen molar-refractivity contribution in [2.45, 2.75) is 6.42 Å². The predicted molar refractivity (Wildman–Crippen MR) is 67.7 cm³/mol. The quantitative estimate of drug-likeness (QED) is 0.828. The van der Waals surface area contributed by atoms with Crippen molar-refractivity contribution in [2.75, 3.05) is 11.4 Å². The molecule has 0 spiro atoms. The fraction of sp³-hybridized carbons (Fsp3) is 0.167. The number of amides is 3. The molecule has 3 heterocycles. The van der Waals surface area contributed by atoms with E-state index in [0.717, 1.165) is 0 Å². The Balaban J connectivity index is 1.98. The molecule has 2 aromatic rings. The highest BCUT2D eigenvalue weighted by atomic mass is 16.4. The Morgan fingerprint density at radius 1 is 1.35 bits per heavy atom. The van der Waals surface area contributed by atoms with E-state index in [-0.39, 0.29) is 18.0 Å². The Morgan fingerprint density at radius 3 is 2.85 bits per heavy atom. The normalized spacial score (nSPS) is 15.5. The van der Waals surface area contributed by atoms with Crippen molar-refractivity contribution in [3.63, 3.8) is 0 Å². The number of carboxylic acid groups (broad SMARTS) is 1. The molecule has 2 aromatic heterocycles. The van der Waals surface area contributed by atoms with Crippen LogP contribution in [0, 0.1) is 0 Å². The molecule has 0 atom stereocenters. The van der Waals surface area contributed by atoms with Crippen molar-refractivity contribution in [3.8, 4) is 0 Å². The third-order valence-electron chi connectivity index (χ3n) is 3.03. The molecule has 3 amide bonds. The lowest BCUT2D eigenvalue weighted by Gasteiger charge is -2.26. The first-order chi connectivity index (χ1) is 9.54. The average molecular weight is 274 g/mol. The lowest BCUT2D eigenvalue weighted by molar-refractivity contribution is -0.120. The van der Waals surface area contributed by atoms with Gasteiger partial charge < -0.3 is 5.11 Å². The highest BCUT2D eigenvalue weighted by Crippen LogP contribution is 2.19. The number of aromatic nitrogens is 2. The predicted octanol–water partition coefficient (Wildman–Crippen LogP) is 0.479. The standard InChI is InChI=1S/C12H10N4O4/c17-10-2-3-15(12(20)13-10)7-1-4-16-8(5-7)6-9(14-16)11(18)19/h1,4-6H,2-3H2,(H,18,19)(H,13,17,20). The molecule has 0 bridgehead atoms. The van der Waals surface area contributed by atoms with Crippen molar-refractivity contribution < 1.29 is 19.5 Å². The number of rotatable bonds is 2. The van der Waals surface area contributed by atoms with E-state index in [0.29, 0.717) is 17.7 Å². The third kappa shape index (κ3) is 1.96. The van der Waals surface area contributed by atoms with Gasteiger partial charge in [0.2, 0.25) is 5.91 Å². The maximum Gasteiger partial charge on any atom is 0.356 e. The molecule has 0 aliphatic carbocycles. The van der Waals surface area contributed by atoms with E-state index in [2.05, 4.69) is 10.4 Å². The molecule has 0 unspecified atom stereocenters. The average Bonchev–Trinajstić information content (AvgIpc) is 2.81. The van der Waals surface area contributed by atoms with E-state index >= 15 is 0 Å². The molecule has 20 heavy (non-hydrogen) atoms. The zero-order chi connectivity index (χ0) is 14.3. The van der Waals surface area contributed by atoms with Gasteiger partial charge in [-0.2, -0.15) is 5.10 Å². The van der Waals surface area contributed by atoms with Crippen LogP contribution in [0.2, 0.25) is 0 Å². The highest BCUT2D eigenvalue weighted by molar-refractivity contribution is 6.05. The van der Waals surface area contributed by atoms with Gasteiger partial charge in [0, 0.05) is 24.8 Å². The first kappa shape index (κ1) is 12.2. The zero-order valence-electron chi connectivity index (χ0n) is 10.2. The largest absolute Gasteiger partial charge is 0.476 e. The number of anilines is 1. The van der Waals surface area contributed by atoms with Gasteiger partial charge in [-0.3, -0.25) is 15.0 Å². The number of carbonyl (C=O) groups is 3. The maximum absolute atomic E-state index is 11.7. The molecule has 1 aliphatic heterocycles. The fourth-order valence-electron chi connectivity index (χ4n) is 2.07. The molecular formula is C12H10N4O4. The SMILES string of the molecule is O=C1CCN(c2ccn3nc(C(=O)O)cc3c2)C(=O)N1. The topological polar surface area (TPSA) is 104 Å². The molecular weight excluding hydrogens is 264 g/mol. The van der Waals surface area contributed by atoms with Crippen molar-refractivity contribution in [1.29, 1.82) is 0 Å². The van der Waals surface area contributed by atoms with Gasteiger partial charge in [-0.25, -0.2) is 14.1 Å². The summed E-state index contributed by atoms with van der Waals surface area (Å²) in [5, 5.41) is 15.0. The third-order valence-corrected chi connectivity index (χ3v) is 3.03. The van der Waals surface area contributed by atoms with E-state index in [1.165, 1.54) is 15.5 Å². The van der Waals surface area contributed by atoms with E-state index in [1.807, 2.05) is 0 Å². The minimum absolute atomic E-state index is 0.0691. The molecule has 0 radical (unpaired) electrons. The molecule has 0 aromatic carbocycles. The Kier molecular flexibility index (Phi) is 2.63. The molecule has 8 nitrogen and oxygen atoms in total. The minimum Gasteiger partial charge on any atom is -0.476 e. The molecule has 0 saturated carbocycles. The molecule has 3 rings (SSSR count). The summed E-state index contributed by atoms with van der Waals surface area (Å²) in [6.45, 7) is 0.292. The fourth-order valence-corrected chi connectivity index (χ4v) is 2.07. The van der Waals surface area contributed by atoms with Gasteiger partial charge in [-0.1, -0.05) is 0 Å². The van der Waals surface area contributed by atoms with Crippen LogP contribution in [0.1, 0.15) is 16.9 Å². The minimum atomic E-state index is -1.11. The molecule has 1 fully saturated rings. The summed E-state index contributed by atoms with van der Waals surface area (Å²) in [4.78, 5) is 35.1. The second kappa shape index (κ2) is 4.34. The van der Waals surface area contributed by atoms with Crippen molar-refractivity contribution in [3.05, 3.63) is 30.1 Å². The smallest absolute Gasteiger partial charge is 0.356 e. The summed E-state index contributed by atoms with van der Waals surface area (Å²) in [6.07, 6.45) is 1.80. The van der Waals surface area contributed by atoms with Gasteiger partial charge >= 0.3 is 12.0 Å². The van der Waals surface area contributed by atoms with E-state index in [4.69, 9.17) is 5.11 Å². The molecule has 1 aliphatic rings. The van der Waals surface area contributed by atoms with Crippen LogP contribution in [0.25, 0.3) is 5.52 Å². The van der Waals surface area contributed by atoms with Crippen LogP contribution in [0.4, 0.5) is 10.5 Å². The van der Waals surface area contributed by atoms with Crippen LogP contribution in [-0.4, -0.2) is 39.2 Å². The van der Waals surface area contributed by atoms with Crippen LogP contribution in [0.15, 0.2) is 24.4 Å². The molecule has 2 N–H and O–H groups in total. The molecule has 8 heteroatoms. The van der Waals surface area contributed by atoms with Crippen molar-refractivity contribution >= 4 is 29.1 Å². The monoisotopic (exact) mass is 274 g/mol. The summed E-state index contributed by atoms with van der Waals surface area (Å²) in [5.74, 6) is -1.42. The lowest BCUT2D eigenvalue weighted by atomic mass is 10.2. The number of pyridine rings is 1. The van der Waals surface area contributed by atoms with Crippen LogP contribution in [0.5, 0.6) is 0 Å². The number of carbonyl (C=O) groups excluding carboxylic acids is 2. The van der Waals surface area contributed by atoms with E-state index in [9.17, 15) is 14.4 Å². The summed E-state index contributed by atoms with van der Waals surface area (Å²) >= 11 is 0. The van der Waals surface area contributed by atoms with E-state index < -0.39 is 12.0 Å². The Labute approximate surface area is 112 Å². The van der Waals surface area contributed by atoms with Crippen LogP contribution < -0.4 is 10.2 Å². The zero-order valence-corrected chi connectivity index (χ0v) is 10.2. The van der Waals surface area contributed by atoms with Crippen molar-refractivity contribution in [1.82, 2.24) is 14.9 Å². The summed E-state index contributed by atoms with van der Waals surface area (Å²) in [6, 6.07) is 4.22. The van der Waals surface area contributed by atoms with Gasteiger partial charge in [0.05, 0.1) is 5.52 Å². The number of hydrogen-bond donors (Lipinski definition) is 2. The molecule has 102 valence electrons. The lowest BCUT2D eigenvalue weighted by Crippen LogP contribution is -2.49. The Morgan fingerprint density at radius 2 is 2.15 bits per heavy atom. The highest BCUT2D eigenvalue weighted by Gasteiger charge is 2.24. The summed E-state index contributed by atoms with van der Waals surface area (Å²) in [5.41, 5.74) is 1.07. The second-order valence-electron chi connectivity index (χ2n) is 4.34. The first-order valence-electron chi connectivity index (χ1n) is 5.89. The first-order valence-corrected chi connectivity index (χ1v) is 5.89. The summed E-state index contributed by atoms with van der Waals surface area (Å²) in [7, 11) is 0. The van der Waals surface area contributed by atoms with Gasteiger partial charge in [0.15, 0.2) is 5.69 Å². The Hall–Kier alpha value is -2.90. The maximum atomic E-state index is 11.7. The van der Waals surface area contributed by atoms with Gasteiger partial charge in [-0.15, -0.1) is 0 Å². The Bertz CT molecular complexity index is 736. The number of nitrogens with one attached hydrogen (secondary N) is 1. The number of fused-ring (bicyclic) bond motifs is 1. The van der Waals surface area contributed by atoms with Crippen LogP contribution in [0.3, 0.4) is 0 Å². The number of hydrogen-bond acceptors (Lipinski definition) is 4. The number of carboxylic acids is 1. The number of imide groups is 1.